The molecule has 0 fully saturated rings. The van der Waals surface area contributed by atoms with E-state index in [1.165, 1.54) is 4.57 Å². The van der Waals surface area contributed by atoms with E-state index in [4.69, 9.17) is 9.47 Å². The minimum absolute atomic E-state index is 0.242. The van der Waals surface area contributed by atoms with Crippen molar-refractivity contribution in [3.8, 4) is 0 Å². The van der Waals surface area contributed by atoms with Gasteiger partial charge in [-0.05, 0) is 46.0 Å². The first kappa shape index (κ1) is 21.6. The Hall–Kier alpha value is -3.06. The monoisotopic (exact) mass is 411 g/mol. The molecule has 0 saturated heterocycles. The van der Waals surface area contributed by atoms with Gasteiger partial charge in [-0.3, -0.25) is 4.57 Å². The second-order valence-electron chi connectivity index (χ2n) is 7.84. The molecular weight excluding hydrogens is 382 g/mol. The Kier molecular flexibility index (Phi) is 6.95. The number of nitrogens with zero attached hydrogens (tertiary/aromatic N) is 3. The third-order valence-corrected chi connectivity index (χ3v) is 4.97. The first-order valence-corrected chi connectivity index (χ1v) is 10.1. The SMILES string of the molecule is CC(C)N1C=CCC(C(=O)OCOC(=O)n2cc(CCN(C)C)c3ccccc32)=C1. The lowest BCUT2D eigenvalue weighted by Crippen LogP contribution is -2.24. The van der Waals surface area contributed by atoms with Crippen molar-refractivity contribution < 1.29 is 19.1 Å². The van der Waals surface area contributed by atoms with E-state index in [9.17, 15) is 9.59 Å². The van der Waals surface area contributed by atoms with Crippen molar-refractivity contribution >= 4 is 23.0 Å². The van der Waals surface area contributed by atoms with Crippen LogP contribution in [0, 0.1) is 0 Å². The highest BCUT2D eigenvalue weighted by molar-refractivity contribution is 5.92. The predicted molar refractivity (Wildman–Crippen MR) is 116 cm³/mol. The Balaban J connectivity index is 1.63. The fourth-order valence-corrected chi connectivity index (χ4v) is 3.27. The number of benzene rings is 1. The largest absolute Gasteiger partial charge is 0.424 e. The number of fused-ring (bicyclic) bond motifs is 1. The molecule has 160 valence electrons. The van der Waals surface area contributed by atoms with Crippen LogP contribution in [0.2, 0.25) is 0 Å². The molecule has 3 rings (SSSR count). The van der Waals surface area contributed by atoms with Crippen LogP contribution in [0.4, 0.5) is 4.79 Å². The lowest BCUT2D eigenvalue weighted by atomic mass is 10.1. The molecule has 0 spiro atoms. The molecule has 0 aliphatic carbocycles. The first-order valence-electron chi connectivity index (χ1n) is 10.1. The van der Waals surface area contributed by atoms with Gasteiger partial charge in [0.15, 0.2) is 0 Å². The van der Waals surface area contributed by atoms with Gasteiger partial charge in [0.1, 0.15) is 0 Å². The zero-order valence-electron chi connectivity index (χ0n) is 18.0. The van der Waals surface area contributed by atoms with Gasteiger partial charge in [0.25, 0.3) is 0 Å². The number of allylic oxidation sites excluding steroid dienone is 1. The van der Waals surface area contributed by atoms with Crippen LogP contribution in [0.15, 0.2) is 54.5 Å². The van der Waals surface area contributed by atoms with Crippen molar-refractivity contribution in [1.29, 1.82) is 0 Å². The smallest absolute Gasteiger partial charge is 0.421 e. The molecule has 0 atom stereocenters. The first-order chi connectivity index (χ1) is 14.4. The van der Waals surface area contributed by atoms with Gasteiger partial charge in [-0.1, -0.05) is 24.3 Å². The Morgan fingerprint density at radius 2 is 1.93 bits per heavy atom. The highest BCUT2D eigenvalue weighted by Gasteiger charge is 2.18. The van der Waals surface area contributed by atoms with Crippen LogP contribution in [-0.2, 0) is 20.7 Å². The van der Waals surface area contributed by atoms with Gasteiger partial charge in [0.05, 0.1) is 11.1 Å². The fraction of sp³-hybridized carbons (Fsp3) is 0.391. The van der Waals surface area contributed by atoms with Crippen molar-refractivity contribution in [2.45, 2.75) is 32.7 Å². The third kappa shape index (κ3) is 5.10. The number of likely N-dealkylation sites (N-methyl/N-ethyl adjacent to an activating group) is 1. The van der Waals surface area contributed by atoms with Crippen molar-refractivity contribution in [2.24, 2.45) is 0 Å². The lowest BCUT2D eigenvalue weighted by Gasteiger charge is -2.24. The van der Waals surface area contributed by atoms with E-state index in [1.807, 2.05) is 69.4 Å². The van der Waals surface area contributed by atoms with Crippen molar-refractivity contribution in [2.75, 3.05) is 27.4 Å². The summed E-state index contributed by atoms with van der Waals surface area (Å²) in [7, 11) is 4.03. The summed E-state index contributed by atoms with van der Waals surface area (Å²) in [5.41, 5.74) is 2.37. The highest BCUT2D eigenvalue weighted by Crippen LogP contribution is 2.22. The second kappa shape index (κ2) is 9.63. The molecule has 0 radical (unpaired) electrons. The molecule has 1 aromatic heterocycles. The summed E-state index contributed by atoms with van der Waals surface area (Å²) in [6.45, 7) is 4.51. The van der Waals surface area contributed by atoms with Crippen LogP contribution >= 0.6 is 0 Å². The standard InChI is InChI=1S/C23H29N3O4/c1-17(2)25-12-7-8-19(14-25)22(27)29-16-30-23(28)26-15-18(11-13-24(3)4)20-9-5-6-10-21(20)26/h5-7,9-10,12,14-15,17H,8,11,13,16H2,1-4H3. The minimum atomic E-state index is -0.573. The number of hydrogen-bond acceptors (Lipinski definition) is 6. The molecule has 0 amide bonds. The van der Waals surface area contributed by atoms with Gasteiger partial charge in [-0.25, -0.2) is 9.59 Å². The molecule has 2 aromatic rings. The summed E-state index contributed by atoms with van der Waals surface area (Å²) in [6.07, 6.45) is 8.15. The van der Waals surface area contributed by atoms with E-state index in [-0.39, 0.29) is 6.04 Å². The topological polar surface area (TPSA) is 64.0 Å². The summed E-state index contributed by atoms with van der Waals surface area (Å²) in [4.78, 5) is 28.9. The Labute approximate surface area is 177 Å². The molecule has 7 heteroatoms. The van der Waals surface area contributed by atoms with E-state index in [0.717, 1.165) is 29.4 Å². The van der Waals surface area contributed by atoms with Crippen molar-refractivity contribution in [3.05, 3.63) is 60.1 Å². The van der Waals surface area contributed by atoms with Gasteiger partial charge in [0.2, 0.25) is 6.79 Å². The lowest BCUT2D eigenvalue weighted by molar-refractivity contribution is -0.147. The molecule has 1 aromatic carbocycles. The highest BCUT2D eigenvalue weighted by atomic mass is 16.7. The predicted octanol–water partition coefficient (Wildman–Crippen LogP) is 3.74. The summed E-state index contributed by atoms with van der Waals surface area (Å²) < 4.78 is 11.9. The van der Waals surface area contributed by atoms with Gasteiger partial charge in [-0.2, -0.15) is 0 Å². The van der Waals surface area contributed by atoms with Gasteiger partial charge < -0.3 is 19.3 Å². The number of esters is 1. The van der Waals surface area contributed by atoms with Crippen LogP contribution in [0.5, 0.6) is 0 Å². The van der Waals surface area contributed by atoms with E-state index >= 15 is 0 Å². The Bertz CT molecular complexity index is 972. The third-order valence-electron chi connectivity index (χ3n) is 4.97. The van der Waals surface area contributed by atoms with Crippen LogP contribution in [0.1, 0.15) is 25.8 Å². The zero-order chi connectivity index (χ0) is 21.7. The van der Waals surface area contributed by atoms with Gasteiger partial charge in [0, 0.05) is 43.0 Å². The maximum Gasteiger partial charge on any atom is 0.421 e. The molecule has 30 heavy (non-hydrogen) atoms. The van der Waals surface area contributed by atoms with E-state index < -0.39 is 18.9 Å². The molecule has 1 aliphatic heterocycles. The summed E-state index contributed by atoms with van der Waals surface area (Å²) >= 11 is 0. The molecule has 1 aliphatic rings. The Morgan fingerprint density at radius 1 is 1.17 bits per heavy atom. The molecule has 0 bridgehead atoms. The second-order valence-corrected chi connectivity index (χ2v) is 7.84. The number of hydrogen-bond donors (Lipinski definition) is 0. The normalized spacial score (nSPS) is 13.8. The van der Waals surface area contributed by atoms with E-state index in [0.29, 0.717) is 12.0 Å². The number of aromatic nitrogens is 1. The van der Waals surface area contributed by atoms with E-state index in [2.05, 4.69) is 4.90 Å². The Morgan fingerprint density at radius 3 is 2.67 bits per heavy atom. The fourth-order valence-electron chi connectivity index (χ4n) is 3.27. The molecule has 0 unspecified atom stereocenters. The molecule has 2 heterocycles. The number of carbonyl (C=O) groups is 2. The van der Waals surface area contributed by atoms with Crippen LogP contribution in [0.25, 0.3) is 10.9 Å². The van der Waals surface area contributed by atoms with Gasteiger partial charge in [-0.15, -0.1) is 0 Å². The van der Waals surface area contributed by atoms with Crippen LogP contribution in [0.3, 0.4) is 0 Å². The zero-order valence-corrected chi connectivity index (χ0v) is 18.0. The quantitative estimate of drug-likeness (QED) is 0.511. The minimum Gasteiger partial charge on any atom is -0.424 e. The molecule has 7 nitrogen and oxygen atoms in total. The number of carbonyl (C=O) groups excluding carboxylic acids is 2. The maximum atomic E-state index is 12.6. The van der Waals surface area contributed by atoms with E-state index in [1.54, 1.807) is 12.4 Å². The average molecular weight is 412 g/mol. The molecule has 0 saturated carbocycles. The number of para-hydroxylation sites is 1. The maximum absolute atomic E-state index is 12.6. The van der Waals surface area contributed by atoms with Gasteiger partial charge >= 0.3 is 12.1 Å². The number of ether oxygens (including phenoxy) is 2. The molecule has 0 N–H and O–H groups in total. The summed E-state index contributed by atoms with van der Waals surface area (Å²) in [5.74, 6) is -0.484. The average Bonchev–Trinajstić information content (AvgIpc) is 3.11. The van der Waals surface area contributed by atoms with Crippen LogP contribution < -0.4 is 0 Å². The molecular formula is C23H29N3O4. The number of rotatable bonds is 7. The van der Waals surface area contributed by atoms with Crippen LogP contribution in [-0.4, -0.2) is 59.9 Å². The summed E-state index contributed by atoms with van der Waals surface area (Å²) in [5, 5.41) is 1.02. The van der Waals surface area contributed by atoms with Crippen molar-refractivity contribution in [3.63, 3.8) is 0 Å². The van der Waals surface area contributed by atoms with Crippen molar-refractivity contribution in [1.82, 2.24) is 14.4 Å². The summed E-state index contributed by atoms with van der Waals surface area (Å²) in [6, 6.07) is 7.94.